The van der Waals surface area contributed by atoms with Crippen molar-refractivity contribution in [2.75, 3.05) is 18.2 Å². The van der Waals surface area contributed by atoms with E-state index in [0.29, 0.717) is 30.3 Å². The van der Waals surface area contributed by atoms with Crippen LogP contribution in [0.15, 0.2) is 36.4 Å². The van der Waals surface area contributed by atoms with Crippen LogP contribution in [0.2, 0.25) is 5.02 Å². The number of ether oxygens (including phenoxy) is 2. The largest absolute Gasteiger partial charge is 0.493 e. The molecule has 128 valence electrons. The van der Waals surface area contributed by atoms with E-state index in [1.807, 2.05) is 25.1 Å². The number of nitrogens with zero attached hydrogens (tertiary/aromatic N) is 1. The number of halogens is 4. The molecule has 0 unspecified atom stereocenters. The van der Waals surface area contributed by atoms with Crippen LogP contribution in [0.4, 0.5) is 18.9 Å². The summed E-state index contributed by atoms with van der Waals surface area (Å²) in [5, 5.41) is -0.320. The Morgan fingerprint density at radius 3 is 2.75 bits per heavy atom. The van der Waals surface area contributed by atoms with Gasteiger partial charge in [-0.25, -0.2) is 0 Å². The first-order valence-corrected chi connectivity index (χ1v) is 7.77. The van der Waals surface area contributed by atoms with Crippen molar-refractivity contribution in [2.45, 2.75) is 19.6 Å². The molecule has 2 aromatic carbocycles. The van der Waals surface area contributed by atoms with Gasteiger partial charge in [-0.1, -0.05) is 17.7 Å². The van der Waals surface area contributed by atoms with Gasteiger partial charge in [-0.3, -0.25) is 0 Å². The zero-order valence-electron chi connectivity index (χ0n) is 12.9. The minimum atomic E-state index is -4.50. The van der Waals surface area contributed by atoms with E-state index in [1.54, 1.807) is 11.0 Å². The molecule has 3 rings (SSSR count). The van der Waals surface area contributed by atoms with Crippen LogP contribution < -0.4 is 14.4 Å². The molecule has 0 aromatic heterocycles. The average molecular weight is 358 g/mol. The number of benzene rings is 2. The minimum Gasteiger partial charge on any atom is -0.493 e. The Morgan fingerprint density at radius 1 is 1.25 bits per heavy atom. The molecule has 0 atom stereocenters. The number of hydrogen-bond donors (Lipinski definition) is 0. The third kappa shape index (κ3) is 3.24. The van der Waals surface area contributed by atoms with E-state index in [2.05, 4.69) is 0 Å². The van der Waals surface area contributed by atoms with Gasteiger partial charge in [0.2, 0.25) is 0 Å². The molecule has 0 fully saturated rings. The molecule has 0 saturated heterocycles. The second-order valence-electron chi connectivity index (χ2n) is 5.30. The van der Waals surface area contributed by atoms with Crippen molar-refractivity contribution in [2.24, 2.45) is 0 Å². The van der Waals surface area contributed by atoms with E-state index in [9.17, 15) is 13.2 Å². The Morgan fingerprint density at radius 2 is 2.04 bits per heavy atom. The van der Waals surface area contributed by atoms with Crippen molar-refractivity contribution < 1.29 is 22.6 Å². The first-order chi connectivity index (χ1) is 11.4. The van der Waals surface area contributed by atoms with Crippen LogP contribution in [0.25, 0.3) is 0 Å². The molecule has 1 aliphatic heterocycles. The van der Waals surface area contributed by atoms with Gasteiger partial charge in [0.25, 0.3) is 0 Å². The molecule has 1 aliphatic rings. The van der Waals surface area contributed by atoms with Crippen LogP contribution in [0, 0.1) is 0 Å². The second-order valence-corrected chi connectivity index (χ2v) is 5.71. The minimum absolute atomic E-state index is 0.154. The van der Waals surface area contributed by atoms with Gasteiger partial charge in [-0.15, -0.1) is 0 Å². The fourth-order valence-corrected chi connectivity index (χ4v) is 2.83. The Labute approximate surface area is 142 Å². The standard InChI is InChI=1S/C17H15ClF3NO2/c1-2-23-15-4-3-5-16-12(15)9-22(10-24-16)11-6-7-14(18)13(8-11)17(19,20)21/h3-8H,2,9-10H2,1H3. The van der Waals surface area contributed by atoms with Crippen molar-refractivity contribution in [1.29, 1.82) is 0 Å². The van der Waals surface area contributed by atoms with E-state index < -0.39 is 11.7 Å². The van der Waals surface area contributed by atoms with Crippen LogP contribution in [-0.4, -0.2) is 13.3 Å². The highest BCUT2D eigenvalue weighted by atomic mass is 35.5. The van der Waals surface area contributed by atoms with Crippen LogP contribution in [0.3, 0.4) is 0 Å². The topological polar surface area (TPSA) is 21.7 Å². The zero-order chi connectivity index (χ0) is 17.3. The Bertz CT molecular complexity index is 749. The van der Waals surface area contributed by atoms with E-state index >= 15 is 0 Å². The second kappa shape index (κ2) is 6.43. The number of alkyl halides is 3. The lowest BCUT2D eigenvalue weighted by Crippen LogP contribution is -2.32. The maximum atomic E-state index is 13.0. The number of fused-ring (bicyclic) bond motifs is 1. The van der Waals surface area contributed by atoms with Gasteiger partial charge in [0.1, 0.15) is 11.5 Å². The first kappa shape index (κ1) is 16.8. The van der Waals surface area contributed by atoms with Crippen molar-refractivity contribution >= 4 is 17.3 Å². The first-order valence-electron chi connectivity index (χ1n) is 7.39. The molecule has 0 spiro atoms. The lowest BCUT2D eigenvalue weighted by molar-refractivity contribution is -0.137. The van der Waals surface area contributed by atoms with Gasteiger partial charge in [-0.2, -0.15) is 13.2 Å². The predicted molar refractivity (Wildman–Crippen MR) is 85.7 cm³/mol. The quantitative estimate of drug-likeness (QED) is 0.761. The lowest BCUT2D eigenvalue weighted by Gasteiger charge is -2.32. The van der Waals surface area contributed by atoms with Crippen molar-refractivity contribution in [3.8, 4) is 11.5 Å². The van der Waals surface area contributed by atoms with Crippen molar-refractivity contribution in [3.05, 3.63) is 52.5 Å². The molecule has 3 nitrogen and oxygen atoms in total. The molecular weight excluding hydrogens is 343 g/mol. The lowest BCUT2D eigenvalue weighted by atomic mass is 10.1. The Hall–Kier alpha value is -2.08. The van der Waals surface area contributed by atoms with Gasteiger partial charge < -0.3 is 14.4 Å². The van der Waals surface area contributed by atoms with Crippen LogP contribution in [0.1, 0.15) is 18.1 Å². The maximum Gasteiger partial charge on any atom is 0.417 e. The van der Waals surface area contributed by atoms with Crippen LogP contribution >= 0.6 is 11.6 Å². The summed E-state index contributed by atoms with van der Waals surface area (Å²) in [6.07, 6.45) is -4.50. The van der Waals surface area contributed by atoms with Gasteiger partial charge >= 0.3 is 6.18 Å². The molecule has 0 bridgehead atoms. The summed E-state index contributed by atoms with van der Waals surface area (Å²) < 4.78 is 50.4. The van der Waals surface area contributed by atoms with E-state index in [4.69, 9.17) is 21.1 Å². The van der Waals surface area contributed by atoms with Crippen LogP contribution in [0.5, 0.6) is 11.5 Å². The molecule has 2 aromatic rings. The molecule has 0 radical (unpaired) electrons. The maximum absolute atomic E-state index is 13.0. The van der Waals surface area contributed by atoms with Gasteiger partial charge in [0.15, 0.2) is 6.73 Å². The summed E-state index contributed by atoms with van der Waals surface area (Å²) in [6.45, 7) is 2.91. The normalized spacial score (nSPS) is 14.1. The smallest absolute Gasteiger partial charge is 0.417 e. The zero-order valence-corrected chi connectivity index (χ0v) is 13.6. The molecule has 0 amide bonds. The highest BCUT2D eigenvalue weighted by molar-refractivity contribution is 6.31. The fraction of sp³-hybridized carbons (Fsp3) is 0.294. The summed E-state index contributed by atoms with van der Waals surface area (Å²) in [5.74, 6) is 1.35. The molecular formula is C17H15ClF3NO2. The van der Waals surface area contributed by atoms with Gasteiger partial charge in [-0.05, 0) is 37.3 Å². The van der Waals surface area contributed by atoms with Gasteiger partial charge in [0.05, 0.1) is 29.3 Å². The SMILES string of the molecule is CCOc1cccc2c1CN(c1ccc(Cl)c(C(F)(F)F)c1)CO2. The Kier molecular flexibility index (Phi) is 4.49. The fourth-order valence-electron chi connectivity index (χ4n) is 2.60. The number of anilines is 1. The highest BCUT2D eigenvalue weighted by Crippen LogP contribution is 2.39. The average Bonchev–Trinajstić information content (AvgIpc) is 2.54. The molecule has 0 aliphatic carbocycles. The number of rotatable bonds is 3. The van der Waals surface area contributed by atoms with Crippen molar-refractivity contribution in [1.82, 2.24) is 0 Å². The summed E-state index contributed by atoms with van der Waals surface area (Å²) in [4.78, 5) is 1.70. The summed E-state index contributed by atoms with van der Waals surface area (Å²) in [6, 6.07) is 9.30. The Balaban J connectivity index is 1.93. The van der Waals surface area contributed by atoms with Crippen LogP contribution in [-0.2, 0) is 12.7 Å². The van der Waals surface area contributed by atoms with E-state index in [1.165, 1.54) is 6.07 Å². The van der Waals surface area contributed by atoms with E-state index in [0.717, 1.165) is 11.6 Å². The molecule has 1 heterocycles. The third-order valence-electron chi connectivity index (χ3n) is 3.74. The predicted octanol–water partition coefficient (Wildman–Crippen LogP) is 5.11. The summed E-state index contributed by atoms with van der Waals surface area (Å²) in [5.41, 5.74) is 0.350. The van der Waals surface area contributed by atoms with E-state index in [-0.39, 0.29) is 11.8 Å². The van der Waals surface area contributed by atoms with Gasteiger partial charge in [0, 0.05) is 5.69 Å². The summed E-state index contributed by atoms with van der Waals surface area (Å²) in [7, 11) is 0. The monoisotopic (exact) mass is 357 g/mol. The van der Waals surface area contributed by atoms with Crippen molar-refractivity contribution in [3.63, 3.8) is 0 Å². The molecule has 0 saturated carbocycles. The molecule has 0 N–H and O–H groups in total. The molecule has 7 heteroatoms. The number of hydrogen-bond acceptors (Lipinski definition) is 3. The summed E-state index contributed by atoms with van der Waals surface area (Å²) >= 11 is 5.68. The third-order valence-corrected chi connectivity index (χ3v) is 4.06. The highest BCUT2D eigenvalue weighted by Gasteiger charge is 2.34. The molecule has 24 heavy (non-hydrogen) atoms.